The predicted octanol–water partition coefficient (Wildman–Crippen LogP) is 1.50. The Morgan fingerprint density at radius 2 is 1.87 bits per heavy atom. The lowest BCUT2D eigenvalue weighted by atomic mass is 10.2. The highest BCUT2D eigenvalue weighted by molar-refractivity contribution is 5.81. The first kappa shape index (κ1) is 13.3. The molecule has 0 unspecified atom stereocenters. The molecule has 0 saturated carbocycles. The third kappa shape index (κ3) is 1.94. The molecule has 4 aromatic rings. The zero-order chi connectivity index (χ0) is 16.0. The summed E-state index contributed by atoms with van der Waals surface area (Å²) in [6.45, 7) is 1.75. The van der Waals surface area contributed by atoms with Crippen LogP contribution in [0.2, 0.25) is 0 Å². The van der Waals surface area contributed by atoms with Crippen LogP contribution in [0.15, 0.2) is 58.3 Å². The zero-order valence-electron chi connectivity index (χ0n) is 12.3. The molecule has 0 fully saturated rings. The van der Waals surface area contributed by atoms with Gasteiger partial charge >= 0.3 is 0 Å². The van der Waals surface area contributed by atoms with E-state index in [0.29, 0.717) is 28.1 Å². The Labute approximate surface area is 129 Å². The van der Waals surface area contributed by atoms with Gasteiger partial charge in [0.1, 0.15) is 5.82 Å². The molecule has 23 heavy (non-hydrogen) atoms. The van der Waals surface area contributed by atoms with Gasteiger partial charge in [-0.05, 0) is 19.1 Å². The number of rotatable bonds is 2. The van der Waals surface area contributed by atoms with E-state index in [2.05, 4.69) is 15.3 Å². The van der Waals surface area contributed by atoms with E-state index in [4.69, 9.17) is 0 Å². The van der Waals surface area contributed by atoms with Crippen molar-refractivity contribution in [2.75, 3.05) is 0 Å². The molecular weight excluding hydrogens is 294 g/mol. The summed E-state index contributed by atoms with van der Waals surface area (Å²) >= 11 is 0. The largest absolute Gasteiger partial charge is 0.290 e. The van der Waals surface area contributed by atoms with Crippen molar-refractivity contribution in [1.29, 1.82) is 0 Å². The Bertz CT molecular complexity index is 1100. The van der Waals surface area contributed by atoms with Crippen LogP contribution in [-0.2, 0) is 0 Å². The average Bonchev–Trinajstić information content (AvgIpc) is 3.17. The van der Waals surface area contributed by atoms with E-state index in [1.165, 1.54) is 15.3 Å². The highest BCUT2D eigenvalue weighted by atomic mass is 16.1. The summed E-state index contributed by atoms with van der Waals surface area (Å²) < 4.78 is 2.88. The monoisotopic (exact) mass is 307 g/mol. The topological polar surface area (TPSA) is 88.5 Å². The van der Waals surface area contributed by atoms with Gasteiger partial charge in [0.25, 0.3) is 11.1 Å². The number of hydrogen-bond acceptors (Lipinski definition) is 3. The first-order valence-corrected chi connectivity index (χ1v) is 7.09. The van der Waals surface area contributed by atoms with E-state index in [9.17, 15) is 9.59 Å². The number of para-hydroxylation sites is 1. The number of aromatic amines is 2. The predicted molar refractivity (Wildman–Crippen MR) is 86.4 cm³/mol. The van der Waals surface area contributed by atoms with Crippen LogP contribution in [-0.4, -0.2) is 24.5 Å². The molecule has 2 N–H and O–H groups in total. The van der Waals surface area contributed by atoms with Crippen molar-refractivity contribution in [1.82, 2.24) is 24.5 Å². The van der Waals surface area contributed by atoms with Crippen LogP contribution in [0.3, 0.4) is 0 Å². The van der Waals surface area contributed by atoms with Gasteiger partial charge in [0.15, 0.2) is 0 Å². The summed E-state index contributed by atoms with van der Waals surface area (Å²) in [5.41, 5.74) is 1.36. The number of pyridine rings is 1. The normalized spacial score (nSPS) is 11.2. The van der Waals surface area contributed by atoms with Crippen molar-refractivity contribution < 1.29 is 0 Å². The smallest absolute Gasteiger partial charge is 0.280 e. The standard InChI is InChI=1S/C16H13N5O2/c1-10-15-12(9-14(22)20(10)13-7-8-17-18-13)19-21(16(15)23)11-5-3-2-4-6-11/h2-9,19H,1H3,(H,17,18). The van der Waals surface area contributed by atoms with Crippen molar-refractivity contribution in [3.05, 3.63) is 75.1 Å². The van der Waals surface area contributed by atoms with Gasteiger partial charge in [-0.15, -0.1) is 0 Å². The van der Waals surface area contributed by atoms with Crippen molar-refractivity contribution in [2.45, 2.75) is 6.92 Å². The molecule has 7 heteroatoms. The number of benzene rings is 1. The second-order valence-corrected chi connectivity index (χ2v) is 5.22. The van der Waals surface area contributed by atoms with Gasteiger partial charge in [0.2, 0.25) is 0 Å². The number of fused-ring (bicyclic) bond motifs is 1. The van der Waals surface area contributed by atoms with E-state index in [0.717, 1.165) is 0 Å². The Kier molecular flexibility index (Phi) is 2.80. The van der Waals surface area contributed by atoms with Gasteiger partial charge in [-0.3, -0.25) is 24.4 Å². The maximum Gasteiger partial charge on any atom is 0.280 e. The Morgan fingerprint density at radius 3 is 2.57 bits per heavy atom. The molecule has 7 nitrogen and oxygen atoms in total. The lowest BCUT2D eigenvalue weighted by Crippen LogP contribution is -2.22. The number of aromatic nitrogens is 5. The molecular formula is C16H13N5O2. The summed E-state index contributed by atoms with van der Waals surface area (Å²) in [5.74, 6) is 0.529. The lowest BCUT2D eigenvalue weighted by molar-refractivity contribution is 0.863. The third-order valence-corrected chi connectivity index (χ3v) is 3.85. The minimum atomic E-state index is -0.235. The maximum atomic E-state index is 12.8. The zero-order valence-corrected chi connectivity index (χ0v) is 12.3. The quantitative estimate of drug-likeness (QED) is 0.588. The number of H-pyrrole nitrogens is 2. The van der Waals surface area contributed by atoms with Crippen molar-refractivity contribution >= 4 is 10.9 Å². The van der Waals surface area contributed by atoms with E-state index in [-0.39, 0.29) is 11.1 Å². The summed E-state index contributed by atoms with van der Waals surface area (Å²) in [4.78, 5) is 25.2. The van der Waals surface area contributed by atoms with Crippen molar-refractivity contribution in [3.63, 3.8) is 0 Å². The number of nitrogens with zero attached hydrogens (tertiary/aromatic N) is 3. The van der Waals surface area contributed by atoms with Gasteiger partial charge in [-0.1, -0.05) is 18.2 Å². The highest BCUT2D eigenvalue weighted by Gasteiger charge is 2.16. The molecule has 3 heterocycles. The highest BCUT2D eigenvalue weighted by Crippen LogP contribution is 2.15. The molecule has 114 valence electrons. The van der Waals surface area contributed by atoms with Crippen LogP contribution in [0.25, 0.3) is 22.4 Å². The van der Waals surface area contributed by atoms with E-state index in [1.807, 2.05) is 30.3 Å². The Balaban J connectivity index is 2.07. The van der Waals surface area contributed by atoms with Crippen LogP contribution in [0, 0.1) is 6.92 Å². The minimum Gasteiger partial charge on any atom is -0.290 e. The van der Waals surface area contributed by atoms with E-state index < -0.39 is 0 Å². The molecule has 1 aromatic carbocycles. The molecule has 0 spiro atoms. The fraction of sp³-hybridized carbons (Fsp3) is 0.0625. The summed E-state index contributed by atoms with van der Waals surface area (Å²) in [7, 11) is 0. The van der Waals surface area contributed by atoms with Crippen LogP contribution in [0.5, 0.6) is 0 Å². The van der Waals surface area contributed by atoms with Crippen molar-refractivity contribution in [3.8, 4) is 11.5 Å². The molecule has 4 rings (SSSR count). The van der Waals surface area contributed by atoms with Gasteiger partial charge in [0.05, 0.1) is 22.8 Å². The second kappa shape index (κ2) is 4.84. The second-order valence-electron chi connectivity index (χ2n) is 5.22. The third-order valence-electron chi connectivity index (χ3n) is 3.85. The van der Waals surface area contributed by atoms with Crippen LogP contribution in [0.1, 0.15) is 5.69 Å². The van der Waals surface area contributed by atoms with Crippen LogP contribution in [0.4, 0.5) is 0 Å². The van der Waals surface area contributed by atoms with E-state index >= 15 is 0 Å². The maximum absolute atomic E-state index is 12.8. The lowest BCUT2D eigenvalue weighted by Gasteiger charge is -2.06. The summed E-state index contributed by atoms with van der Waals surface area (Å²) in [5, 5.41) is 10.1. The molecule has 0 atom stereocenters. The van der Waals surface area contributed by atoms with Gasteiger partial charge in [-0.2, -0.15) is 5.10 Å². The molecule has 0 saturated heterocycles. The molecule has 0 aliphatic rings. The first-order chi connectivity index (χ1) is 11.2. The molecule has 0 bridgehead atoms. The van der Waals surface area contributed by atoms with Gasteiger partial charge in [0, 0.05) is 17.8 Å². The molecule has 0 radical (unpaired) electrons. The Hall–Kier alpha value is -3.35. The first-order valence-electron chi connectivity index (χ1n) is 7.09. The SMILES string of the molecule is Cc1c2c(=O)n(-c3ccccc3)[nH]c2cc(=O)n1-c1ccn[nH]1. The molecule has 0 aliphatic carbocycles. The Morgan fingerprint density at radius 1 is 1.09 bits per heavy atom. The van der Waals surface area contributed by atoms with Crippen molar-refractivity contribution in [2.24, 2.45) is 0 Å². The number of hydrogen-bond donors (Lipinski definition) is 2. The summed E-state index contributed by atoms with van der Waals surface area (Å²) in [6, 6.07) is 12.3. The van der Waals surface area contributed by atoms with Crippen LogP contribution >= 0.6 is 0 Å². The molecule has 0 amide bonds. The van der Waals surface area contributed by atoms with Gasteiger partial charge < -0.3 is 0 Å². The van der Waals surface area contributed by atoms with Gasteiger partial charge in [-0.25, -0.2) is 4.68 Å². The molecule has 3 aromatic heterocycles. The number of nitrogens with one attached hydrogen (secondary N) is 2. The molecule has 0 aliphatic heterocycles. The number of aryl methyl sites for hydroxylation is 1. The minimum absolute atomic E-state index is 0.197. The fourth-order valence-electron chi connectivity index (χ4n) is 2.80. The van der Waals surface area contributed by atoms with E-state index in [1.54, 1.807) is 19.2 Å². The van der Waals surface area contributed by atoms with Crippen LogP contribution < -0.4 is 11.1 Å². The average molecular weight is 307 g/mol. The fourth-order valence-corrected chi connectivity index (χ4v) is 2.80. The summed E-state index contributed by atoms with van der Waals surface area (Å²) in [6.07, 6.45) is 1.56.